The number of nitrogens with zero attached hydrogens (tertiary/aromatic N) is 1. The number of aromatic nitrogens is 1. The number of ether oxygens (including phenoxy) is 2. The topological polar surface area (TPSA) is 78.5 Å². The van der Waals surface area contributed by atoms with Crippen molar-refractivity contribution in [2.24, 2.45) is 0 Å². The van der Waals surface area contributed by atoms with Crippen molar-refractivity contribution in [3.8, 4) is 11.5 Å². The maximum absolute atomic E-state index is 13.0. The molecule has 1 amide bonds. The van der Waals surface area contributed by atoms with Gasteiger partial charge in [0.15, 0.2) is 0 Å². The molecule has 6 heteroatoms. The van der Waals surface area contributed by atoms with Gasteiger partial charge in [-0.05, 0) is 30.2 Å². The highest BCUT2D eigenvalue weighted by molar-refractivity contribution is 6.01. The average molecular weight is 367 g/mol. The number of nitrogen functional groups attached to an aromatic ring is 1. The lowest BCUT2D eigenvalue weighted by Crippen LogP contribution is -2.29. The predicted octanol–water partition coefficient (Wildman–Crippen LogP) is 3.25. The van der Waals surface area contributed by atoms with E-state index >= 15 is 0 Å². The Labute approximate surface area is 158 Å². The second kappa shape index (κ2) is 8.03. The SMILES string of the molecule is CCCc1c(C(=O)NCc2c(OC)cccc2OC)n(N)c2ccccc12. The molecule has 0 bridgehead atoms. The summed E-state index contributed by atoms with van der Waals surface area (Å²) in [6, 6.07) is 13.3. The number of fused-ring (bicyclic) bond motifs is 1. The molecule has 0 saturated heterocycles. The molecule has 0 saturated carbocycles. The normalized spacial score (nSPS) is 10.8. The van der Waals surface area contributed by atoms with E-state index in [4.69, 9.17) is 15.3 Å². The number of hydrogen-bond acceptors (Lipinski definition) is 4. The smallest absolute Gasteiger partial charge is 0.270 e. The van der Waals surface area contributed by atoms with Gasteiger partial charge in [0.2, 0.25) is 0 Å². The lowest BCUT2D eigenvalue weighted by atomic mass is 10.1. The summed E-state index contributed by atoms with van der Waals surface area (Å²) in [6.45, 7) is 2.36. The summed E-state index contributed by atoms with van der Waals surface area (Å²) in [5.74, 6) is 7.37. The largest absolute Gasteiger partial charge is 0.496 e. The van der Waals surface area contributed by atoms with Gasteiger partial charge in [-0.15, -0.1) is 0 Å². The minimum Gasteiger partial charge on any atom is -0.496 e. The summed E-state index contributed by atoms with van der Waals surface area (Å²) < 4.78 is 12.3. The number of benzene rings is 2. The van der Waals surface area contributed by atoms with Crippen molar-refractivity contribution < 1.29 is 14.3 Å². The molecular weight excluding hydrogens is 342 g/mol. The zero-order valence-electron chi connectivity index (χ0n) is 15.9. The van der Waals surface area contributed by atoms with Crippen LogP contribution in [0.4, 0.5) is 0 Å². The molecule has 0 radical (unpaired) electrons. The number of aryl methyl sites for hydroxylation is 1. The molecule has 3 N–H and O–H groups in total. The van der Waals surface area contributed by atoms with Crippen molar-refractivity contribution in [3.05, 3.63) is 59.3 Å². The Balaban J connectivity index is 1.94. The van der Waals surface area contributed by atoms with Crippen LogP contribution in [0.15, 0.2) is 42.5 Å². The van der Waals surface area contributed by atoms with Gasteiger partial charge in [0, 0.05) is 5.39 Å². The highest BCUT2D eigenvalue weighted by atomic mass is 16.5. The Morgan fingerprint density at radius 1 is 1.04 bits per heavy atom. The first kappa shape index (κ1) is 18.6. The van der Waals surface area contributed by atoms with Crippen LogP contribution in [0, 0.1) is 0 Å². The maximum Gasteiger partial charge on any atom is 0.270 e. The number of methoxy groups -OCH3 is 2. The first-order valence-electron chi connectivity index (χ1n) is 8.97. The molecule has 3 rings (SSSR count). The minimum atomic E-state index is -0.217. The molecule has 1 heterocycles. The Hall–Kier alpha value is -3.15. The van der Waals surface area contributed by atoms with Gasteiger partial charge in [-0.25, -0.2) is 0 Å². The Morgan fingerprint density at radius 3 is 2.33 bits per heavy atom. The van der Waals surface area contributed by atoms with Crippen molar-refractivity contribution in [1.82, 2.24) is 9.99 Å². The number of hydrogen-bond donors (Lipinski definition) is 2. The zero-order valence-corrected chi connectivity index (χ0v) is 15.9. The summed E-state index contributed by atoms with van der Waals surface area (Å²) in [5, 5.41) is 3.98. The highest BCUT2D eigenvalue weighted by Crippen LogP contribution is 2.29. The van der Waals surface area contributed by atoms with Crippen molar-refractivity contribution in [2.45, 2.75) is 26.3 Å². The van der Waals surface area contributed by atoms with Crippen LogP contribution in [0.1, 0.15) is 35.0 Å². The van der Waals surface area contributed by atoms with E-state index in [0.717, 1.165) is 34.9 Å². The molecule has 0 fully saturated rings. The highest BCUT2D eigenvalue weighted by Gasteiger charge is 2.21. The third kappa shape index (κ3) is 3.43. The van der Waals surface area contributed by atoms with E-state index in [1.165, 1.54) is 4.68 Å². The molecule has 1 aromatic heterocycles. The van der Waals surface area contributed by atoms with E-state index in [9.17, 15) is 4.79 Å². The van der Waals surface area contributed by atoms with Crippen molar-refractivity contribution in [2.75, 3.05) is 20.1 Å². The van der Waals surface area contributed by atoms with Gasteiger partial charge >= 0.3 is 0 Å². The van der Waals surface area contributed by atoms with Gasteiger partial charge in [0.1, 0.15) is 17.2 Å². The second-order valence-corrected chi connectivity index (χ2v) is 6.29. The second-order valence-electron chi connectivity index (χ2n) is 6.29. The average Bonchev–Trinajstić information content (AvgIpc) is 2.98. The third-order valence-corrected chi connectivity index (χ3v) is 4.69. The molecule has 0 unspecified atom stereocenters. The fraction of sp³-hybridized carbons (Fsp3) is 0.286. The molecule has 0 aliphatic rings. The molecule has 0 aliphatic heterocycles. The van der Waals surface area contributed by atoms with Gasteiger partial charge in [-0.2, -0.15) is 0 Å². The van der Waals surface area contributed by atoms with Crippen LogP contribution >= 0.6 is 0 Å². The lowest BCUT2D eigenvalue weighted by molar-refractivity contribution is 0.0942. The fourth-order valence-electron chi connectivity index (χ4n) is 3.44. The van der Waals surface area contributed by atoms with E-state index in [1.807, 2.05) is 42.5 Å². The maximum atomic E-state index is 13.0. The molecule has 142 valence electrons. The van der Waals surface area contributed by atoms with Gasteiger partial charge < -0.3 is 20.6 Å². The molecule has 3 aromatic rings. The van der Waals surface area contributed by atoms with Crippen LogP contribution in [0.5, 0.6) is 11.5 Å². The van der Waals surface area contributed by atoms with Crippen LogP contribution in [-0.2, 0) is 13.0 Å². The number of para-hydroxylation sites is 1. The van der Waals surface area contributed by atoms with Gasteiger partial charge in [-0.1, -0.05) is 37.6 Å². The number of nitrogens with two attached hydrogens (primary N) is 1. The summed E-state index contributed by atoms with van der Waals surface area (Å²) in [6.07, 6.45) is 1.71. The van der Waals surface area contributed by atoms with Crippen LogP contribution in [0.3, 0.4) is 0 Å². The third-order valence-electron chi connectivity index (χ3n) is 4.69. The number of rotatable bonds is 7. The van der Waals surface area contributed by atoms with E-state index in [2.05, 4.69) is 12.2 Å². The molecular formula is C21H25N3O3. The lowest BCUT2D eigenvalue weighted by Gasteiger charge is -2.14. The van der Waals surface area contributed by atoms with Crippen molar-refractivity contribution >= 4 is 16.8 Å². The summed E-state index contributed by atoms with van der Waals surface area (Å²) in [7, 11) is 3.19. The molecule has 27 heavy (non-hydrogen) atoms. The molecule has 0 aliphatic carbocycles. The van der Waals surface area contributed by atoms with Gasteiger partial charge in [0.25, 0.3) is 5.91 Å². The Bertz CT molecular complexity index is 940. The quantitative estimate of drug-likeness (QED) is 0.628. The first-order chi connectivity index (χ1) is 13.1. The van der Waals surface area contributed by atoms with Crippen molar-refractivity contribution in [1.29, 1.82) is 0 Å². The van der Waals surface area contributed by atoms with Crippen molar-refractivity contribution in [3.63, 3.8) is 0 Å². The Morgan fingerprint density at radius 2 is 1.70 bits per heavy atom. The first-order valence-corrected chi connectivity index (χ1v) is 8.97. The molecule has 2 aromatic carbocycles. The number of carbonyl (C=O) groups excluding carboxylic acids is 1. The van der Waals surface area contributed by atoms with Gasteiger partial charge in [0.05, 0.1) is 31.8 Å². The van der Waals surface area contributed by atoms with Gasteiger partial charge in [-0.3, -0.25) is 9.47 Å². The molecule has 0 spiro atoms. The van der Waals surface area contributed by atoms with E-state index in [0.29, 0.717) is 17.2 Å². The summed E-state index contributed by atoms with van der Waals surface area (Å²) in [4.78, 5) is 13.0. The number of amides is 1. The van der Waals surface area contributed by atoms with Crippen LogP contribution in [0.25, 0.3) is 10.9 Å². The summed E-state index contributed by atoms with van der Waals surface area (Å²) in [5.41, 5.74) is 3.10. The monoisotopic (exact) mass is 367 g/mol. The van der Waals surface area contributed by atoms with Crippen LogP contribution in [0.2, 0.25) is 0 Å². The minimum absolute atomic E-state index is 0.217. The van der Waals surface area contributed by atoms with E-state index in [-0.39, 0.29) is 12.5 Å². The molecule has 0 atom stereocenters. The fourth-order valence-corrected chi connectivity index (χ4v) is 3.44. The predicted molar refractivity (Wildman–Crippen MR) is 107 cm³/mol. The van der Waals surface area contributed by atoms with Crippen LogP contribution < -0.4 is 20.6 Å². The standard InChI is InChI=1S/C21H25N3O3/c1-4-8-15-14-9-5-6-10-17(14)24(22)20(15)21(25)23-13-16-18(26-2)11-7-12-19(16)27-3/h5-7,9-12H,4,8,13,22H2,1-3H3,(H,23,25). The molecule has 6 nitrogen and oxygen atoms in total. The van der Waals surface area contributed by atoms with Crippen LogP contribution in [-0.4, -0.2) is 24.8 Å². The van der Waals surface area contributed by atoms with E-state index < -0.39 is 0 Å². The number of carbonyl (C=O) groups is 1. The Kier molecular flexibility index (Phi) is 5.54. The number of nitrogens with one attached hydrogen (secondary N) is 1. The zero-order chi connectivity index (χ0) is 19.4. The van der Waals surface area contributed by atoms with E-state index in [1.54, 1.807) is 14.2 Å². The summed E-state index contributed by atoms with van der Waals surface area (Å²) >= 11 is 0.